The highest BCUT2D eigenvalue weighted by Crippen LogP contribution is 2.51. The molecule has 0 saturated heterocycles. The van der Waals surface area contributed by atoms with E-state index >= 15 is 0 Å². The molecule has 0 aliphatic carbocycles. The molecule has 3 amide bonds. The van der Waals surface area contributed by atoms with Gasteiger partial charge in [-0.25, -0.2) is 0 Å². The molecule has 2 aliphatic heterocycles. The van der Waals surface area contributed by atoms with Crippen molar-refractivity contribution in [3.05, 3.63) is 67.6 Å². The molecule has 0 bridgehead atoms. The molecule has 0 radical (unpaired) electrons. The van der Waals surface area contributed by atoms with Crippen LogP contribution < -0.4 is 10.6 Å². The van der Waals surface area contributed by atoms with Crippen molar-refractivity contribution in [2.75, 3.05) is 27.4 Å². The lowest BCUT2D eigenvalue weighted by molar-refractivity contribution is 0.00228. The Bertz CT molecular complexity index is 1920. The highest BCUT2D eigenvalue weighted by Gasteiger charge is 2.37. The van der Waals surface area contributed by atoms with Gasteiger partial charge < -0.3 is 15.7 Å². The van der Waals surface area contributed by atoms with Gasteiger partial charge in [0.05, 0.1) is 13.3 Å². The molecule has 5 aromatic carbocycles. The lowest BCUT2D eigenvalue weighted by Crippen LogP contribution is -2.44. The standard InChI is InChI=1S/C28H20Br2N4O4/c1-31-9-33-25(35)13-5-3-11-22-18(30)8-16-20-14(26(36)34(10-32-2)28(16)38)6-4-12(24(20)22)21-17(29)7-15(27(33)37)19(13)23(11)21/h3-8,27,31-32,37H,9-10H2,1-2H3. The summed E-state index contributed by atoms with van der Waals surface area (Å²) in [6.45, 7) is 0.313. The van der Waals surface area contributed by atoms with Crippen molar-refractivity contribution in [1.82, 2.24) is 20.4 Å². The first-order chi connectivity index (χ1) is 18.3. The number of carbonyl (C=O) groups is 3. The largest absolute Gasteiger partial charge is 0.369 e. The summed E-state index contributed by atoms with van der Waals surface area (Å²) in [6, 6.07) is 11.1. The SMILES string of the molecule is CNCN1C(=O)c2ccc3c4c(Br)cc5c6c(ccc(c7c(Br)cc(c2c37)C1=O)c64)C(=O)N(CNC)C5O. The van der Waals surface area contributed by atoms with E-state index in [1.54, 1.807) is 32.3 Å². The molecule has 1 atom stereocenters. The van der Waals surface area contributed by atoms with Crippen LogP contribution in [0.15, 0.2) is 45.3 Å². The molecule has 8 nitrogen and oxygen atoms in total. The third kappa shape index (κ3) is 2.81. The molecule has 5 aromatic rings. The number of rotatable bonds is 4. The normalized spacial score (nSPS) is 17.3. The van der Waals surface area contributed by atoms with Crippen LogP contribution in [0.2, 0.25) is 0 Å². The fourth-order valence-corrected chi connectivity index (χ4v) is 7.51. The third-order valence-corrected chi connectivity index (χ3v) is 8.95. The number of nitrogens with one attached hydrogen (secondary N) is 2. The van der Waals surface area contributed by atoms with E-state index in [0.29, 0.717) is 37.5 Å². The van der Waals surface area contributed by atoms with Gasteiger partial charge in [-0.2, -0.15) is 0 Å². The second kappa shape index (κ2) is 8.17. The molecule has 2 heterocycles. The van der Waals surface area contributed by atoms with Gasteiger partial charge in [0.1, 0.15) is 0 Å². The Kier molecular flexibility index (Phi) is 5.15. The van der Waals surface area contributed by atoms with Crippen LogP contribution in [0.25, 0.3) is 43.1 Å². The second-order valence-electron chi connectivity index (χ2n) is 9.64. The fraction of sp³-hybridized carbons (Fsp3) is 0.179. The van der Waals surface area contributed by atoms with Gasteiger partial charge in [-0.05, 0) is 54.5 Å². The minimum atomic E-state index is -1.11. The van der Waals surface area contributed by atoms with Gasteiger partial charge in [-0.15, -0.1) is 0 Å². The Morgan fingerprint density at radius 3 is 1.89 bits per heavy atom. The van der Waals surface area contributed by atoms with Crippen LogP contribution in [0.3, 0.4) is 0 Å². The molecular formula is C28H20Br2N4O4. The molecule has 38 heavy (non-hydrogen) atoms. The Labute approximate surface area is 233 Å². The van der Waals surface area contributed by atoms with Crippen molar-refractivity contribution in [2.45, 2.75) is 6.23 Å². The lowest BCUT2D eigenvalue weighted by Gasteiger charge is -2.35. The summed E-state index contributed by atoms with van der Waals surface area (Å²) in [6.07, 6.45) is -1.11. The summed E-state index contributed by atoms with van der Waals surface area (Å²) >= 11 is 7.48. The van der Waals surface area contributed by atoms with Crippen LogP contribution in [0, 0.1) is 0 Å². The Morgan fingerprint density at radius 1 is 0.711 bits per heavy atom. The predicted molar refractivity (Wildman–Crippen MR) is 153 cm³/mol. The maximum Gasteiger partial charge on any atom is 0.262 e. The number of imide groups is 1. The summed E-state index contributed by atoms with van der Waals surface area (Å²) in [4.78, 5) is 42.9. The highest BCUT2D eigenvalue weighted by atomic mass is 79.9. The van der Waals surface area contributed by atoms with Crippen LogP contribution in [0.1, 0.15) is 42.9 Å². The molecule has 0 spiro atoms. The van der Waals surface area contributed by atoms with Crippen LogP contribution in [0.4, 0.5) is 0 Å². The van der Waals surface area contributed by atoms with E-state index < -0.39 is 6.23 Å². The van der Waals surface area contributed by atoms with E-state index in [4.69, 9.17) is 0 Å². The molecule has 0 fully saturated rings. The number of halogens is 2. The monoisotopic (exact) mass is 634 g/mol. The topological polar surface area (TPSA) is 102 Å². The lowest BCUT2D eigenvalue weighted by atomic mass is 9.82. The molecular weight excluding hydrogens is 616 g/mol. The number of hydrogen-bond donors (Lipinski definition) is 3. The third-order valence-electron chi connectivity index (χ3n) is 7.70. The van der Waals surface area contributed by atoms with Gasteiger partial charge in [-0.3, -0.25) is 24.2 Å². The van der Waals surface area contributed by atoms with Gasteiger partial charge in [0.15, 0.2) is 6.23 Å². The average molecular weight is 636 g/mol. The second-order valence-corrected chi connectivity index (χ2v) is 11.3. The minimum absolute atomic E-state index is 0.111. The Morgan fingerprint density at radius 2 is 1.26 bits per heavy atom. The zero-order chi connectivity index (χ0) is 26.6. The summed E-state index contributed by atoms with van der Waals surface area (Å²) in [5, 5.41) is 23.5. The van der Waals surface area contributed by atoms with E-state index in [0.717, 1.165) is 36.8 Å². The van der Waals surface area contributed by atoms with Crippen LogP contribution in [0.5, 0.6) is 0 Å². The Balaban J connectivity index is 1.68. The van der Waals surface area contributed by atoms with Gasteiger partial charge >= 0.3 is 0 Å². The number of nitrogens with zero attached hydrogens (tertiary/aromatic N) is 2. The van der Waals surface area contributed by atoms with Crippen molar-refractivity contribution in [3.8, 4) is 0 Å². The average Bonchev–Trinajstić information content (AvgIpc) is 2.90. The van der Waals surface area contributed by atoms with Crippen LogP contribution >= 0.6 is 31.9 Å². The van der Waals surface area contributed by atoms with Crippen molar-refractivity contribution in [3.63, 3.8) is 0 Å². The maximum absolute atomic E-state index is 13.4. The predicted octanol–water partition coefficient (Wildman–Crippen LogP) is 4.66. The number of aliphatic hydroxyl groups is 1. The zero-order valence-electron chi connectivity index (χ0n) is 20.3. The van der Waals surface area contributed by atoms with Crippen molar-refractivity contribution >= 4 is 92.7 Å². The zero-order valence-corrected chi connectivity index (χ0v) is 23.4. The quantitative estimate of drug-likeness (QED) is 0.151. The first-order valence-corrected chi connectivity index (χ1v) is 13.6. The maximum atomic E-state index is 13.4. The number of benzene rings is 5. The van der Waals surface area contributed by atoms with Crippen LogP contribution in [-0.2, 0) is 0 Å². The number of amides is 3. The molecule has 10 heteroatoms. The van der Waals surface area contributed by atoms with E-state index in [2.05, 4.69) is 42.5 Å². The van der Waals surface area contributed by atoms with E-state index in [1.807, 2.05) is 18.2 Å². The minimum Gasteiger partial charge on any atom is -0.369 e. The first kappa shape index (κ1) is 23.9. The van der Waals surface area contributed by atoms with Gasteiger partial charge in [0.2, 0.25) is 0 Å². The first-order valence-electron chi connectivity index (χ1n) is 12.0. The molecule has 0 saturated carbocycles. The van der Waals surface area contributed by atoms with E-state index in [9.17, 15) is 19.5 Å². The summed E-state index contributed by atoms with van der Waals surface area (Å²) in [5.41, 5.74) is 2.09. The van der Waals surface area contributed by atoms with Crippen molar-refractivity contribution < 1.29 is 19.5 Å². The molecule has 3 N–H and O–H groups in total. The highest BCUT2D eigenvalue weighted by molar-refractivity contribution is 9.11. The smallest absolute Gasteiger partial charge is 0.262 e. The number of fused-ring (bicyclic) bond motifs is 2. The van der Waals surface area contributed by atoms with Gasteiger partial charge in [-0.1, -0.05) is 44.0 Å². The molecule has 2 aliphatic rings. The van der Waals surface area contributed by atoms with E-state index in [1.165, 1.54) is 9.80 Å². The number of aliphatic hydroxyl groups excluding tert-OH is 1. The van der Waals surface area contributed by atoms with E-state index in [-0.39, 0.29) is 31.1 Å². The molecule has 0 aromatic heterocycles. The van der Waals surface area contributed by atoms with Gasteiger partial charge in [0.25, 0.3) is 17.7 Å². The van der Waals surface area contributed by atoms with Crippen molar-refractivity contribution in [1.29, 1.82) is 0 Å². The fourth-order valence-electron chi connectivity index (χ4n) is 6.21. The summed E-state index contributed by atoms with van der Waals surface area (Å²) in [5.74, 6) is -0.949. The molecule has 190 valence electrons. The van der Waals surface area contributed by atoms with Gasteiger partial charge in [0, 0.05) is 58.1 Å². The van der Waals surface area contributed by atoms with Crippen LogP contribution in [-0.4, -0.2) is 60.1 Å². The summed E-state index contributed by atoms with van der Waals surface area (Å²) < 4.78 is 1.47. The van der Waals surface area contributed by atoms with Crippen molar-refractivity contribution in [2.24, 2.45) is 0 Å². The molecule has 7 rings (SSSR count). The number of carbonyl (C=O) groups excluding carboxylic acids is 3. The number of hydrogen-bond acceptors (Lipinski definition) is 6. The molecule has 1 unspecified atom stereocenters. The Hall–Kier alpha value is -3.15. The summed E-state index contributed by atoms with van der Waals surface area (Å²) in [7, 11) is 3.42.